The molecular formula is C26H22Cl2N4O3. The summed E-state index contributed by atoms with van der Waals surface area (Å²) in [4.78, 5) is 43.3. The molecule has 0 saturated carbocycles. The van der Waals surface area contributed by atoms with Gasteiger partial charge in [-0.2, -0.15) is 0 Å². The lowest BCUT2D eigenvalue weighted by atomic mass is 10.0. The van der Waals surface area contributed by atoms with Crippen LogP contribution < -0.4 is 16.2 Å². The monoisotopic (exact) mass is 508 g/mol. The van der Waals surface area contributed by atoms with Crippen molar-refractivity contribution in [1.82, 2.24) is 14.9 Å². The van der Waals surface area contributed by atoms with Gasteiger partial charge in [0.1, 0.15) is 18.3 Å². The maximum absolute atomic E-state index is 13.2. The second-order valence-electron chi connectivity index (χ2n) is 8.01. The molecule has 0 saturated heterocycles. The number of anilines is 1. The van der Waals surface area contributed by atoms with Crippen molar-refractivity contribution >= 4 is 51.7 Å². The molecule has 4 rings (SSSR count). The fraction of sp³-hybridized carbons (Fsp3) is 0.154. The molecule has 0 aliphatic rings. The Kier molecular flexibility index (Phi) is 7.48. The van der Waals surface area contributed by atoms with Crippen molar-refractivity contribution < 1.29 is 9.59 Å². The number of para-hydroxylation sites is 2. The van der Waals surface area contributed by atoms with E-state index in [-0.39, 0.29) is 24.2 Å². The summed E-state index contributed by atoms with van der Waals surface area (Å²) in [7, 11) is 0. The number of aromatic nitrogens is 2. The zero-order chi connectivity index (χ0) is 24.9. The highest BCUT2D eigenvalue weighted by Crippen LogP contribution is 2.25. The molecule has 0 unspecified atom stereocenters. The number of hydrogen-bond donors (Lipinski definition) is 2. The molecule has 1 atom stereocenters. The van der Waals surface area contributed by atoms with Crippen LogP contribution in [0.2, 0.25) is 10.0 Å². The van der Waals surface area contributed by atoms with Crippen LogP contribution >= 0.6 is 23.2 Å². The topological polar surface area (TPSA) is 93.1 Å². The van der Waals surface area contributed by atoms with Gasteiger partial charge >= 0.3 is 0 Å². The largest absolute Gasteiger partial charge is 0.342 e. The zero-order valence-corrected chi connectivity index (χ0v) is 20.3. The molecule has 1 heterocycles. The fourth-order valence-electron chi connectivity index (χ4n) is 3.72. The van der Waals surface area contributed by atoms with Gasteiger partial charge in [-0.1, -0.05) is 65.7 Å². The summed E-state index contributed by atoms with van der Waals surface area (Å²) in [6, 6.07) is 20.3. The third-order valence-corrected chi connectivity index (χ3v) is 6.18. The predicted octanol–water partition coefficient (Wildman–Crippen LogP) is 4.38. The summed E-state index contributed by atoms with van der Waals surface area (Å²) < 4.78 is 1.36. The van der Waals surface area contributed by atoms with Gasteiger partial charge in [0.25, 0.3) is 5.56 Å². The fourth-order valence-corrected chi connectivity index (χ4v) is 4.02. The summed E-state index contributed by atoms with van der Waals surface area (Å²) in [6.07, 6.45) is 0.255. The minimum atomic E-state index is -0.899. The molecule has 3 aromatic carbocycles. The van der Waals surface area contributed by atoms with Crippen LogP contribution in [0, 0.1) is 6.92 Å². The molecule has 0 aliphatic heterocycles. The van der Waals surface area contributed by atoms with Crippen molar-refractivity contribution in [3.05, 3.63) is 104 Å². The van der Waals surface area contributed by atoms with Gasteiger partial charge in [-0.3, -0.25) is 19.0 Å². The number of carbonyl (C=O) groups is 2. The molecule has 178 valence electrons. The van der Waals surface area contributed by atoms with Crippen molar-refractivity contribution in [3.8, 4) is 0 Å². The molecule has 2 amide bonds. The molecule has 0 aliphatic carbocycles. The SMILES string of the molecule is Cc1nc2ccccc2n(CC(=O)N[C@@H](Cc2ccccc2)C(=O)Nc2ccc(Cl)c(Cl)c2)c1=O. The average Bonchev–Trinajstić information content (AvgIpc) is 2.84. The van der Waals surface area contributed by atoms with E-state index < -0.39 is 17.9 Å². The Morgan fingerprint density at radius 2 is 1.69 bits per heavy atom. The minimum Gasteiger partial charge on any atom is -0.342 e. The van der Waals surface area contributed by atoms with Gasteiger partial charge in [-0.25, -0.2) is 4.98 Å². The smallest absolute Gasteiger partial charge is 0.272 e. The van der Waals surface area contributed by atoms with Crippen LogP contribution in [0.1, 0.15) is 11.3 Å². The van der Waals surface area contributed by atoms with Crippen LogP contribution in [-0.4, -0.2) is 27.4 Å². The Morgan fingerprint density at radius 3 is 2.43 bits per heavy atom. The number of halogens is 2. The van der Waals surface area contributed by atoms with Gasteiger partial charge in [-0.15, -0.1) is 0 Å². The quantitative estimate of drug-likeness (QED) is 0.387. The van der Waals surface area contributed by atoms with Crippen LogP contribution in [0.15, 0.2) is 77.6 Å². The van der Waals surface area contributed by atoms with Gasteiger partial charge in [0.2, 0.25) is 11.8 Å². The third kappa shape index (κ3) is 5.88. The highest BCUT2D eigenvalue weighted by Gasteiger charge is 2.23. The number of carbonyl (C=O) groups excluding carboxylic acids is 2. The van der Waals surface area contributed by atoms with Gasteiger partial charge < -0.3 is 10.6 Å². The van der Waals surface area contributed by atoms with Crippen LogP contribution in [0.4, 0.5) is 5.69 Å². The normalized spacial score (nSPS) is 11.7. The van der Waals surface area contributed by atoms with E-state index in [1.54, 1.807) is 37.3 Å². The van der Waals surface area contributed by atoms with Crippen LogP contribution in [0.5, 0.6) is 0 Å². The maximum Gasteiger partial charge on any atom is 0.272 e. The Hall–Kier alpha value is -3.68. The molecule has 7 nitrogen and oxygen atoms in total. The molecule has 9 heteroatoms. The first-order chi connectivity index (χ1) is 16.8. The van der Waals surface area contributed by atoms with Crippen molar-refractivity contribution in [2.75, 3.05) is 5.32 Å². The number of hydrogen-bond acceptors (Lipinski definition) is 4. The Bertz CT molecular complexity index is 1450. The Balaban J connectivity index is 1.58. The number of nitrogens with zero attached hydrogens (tertiary/aromatic N) is 2. The van der Waals surface area contributed by atoms with Crippen LogP contribution in [0.25, 0.3) is 11.0 Å². The van der Waals surface area contributed by atoms with E-state index in [1.165, 1.54) is 10.6 Å². The van der Waals surface area contributed by atoms with E-state index in [0.29, 0.717) is 26.8 Å². The highest BCUT2D eigenvalue weighted by molar-refractivity contribution is 6.42. The van der Waals surface area contributed by atoms with Gasteiger partial charge in [0, 0.05) is 12.1 Å². The highest BCUT2D eigenvalue weighted by atomic mass is 35.5. The lowest BCUT2D eigenvalue weighted by Gasteiger charge is -2.20. The summed E-state index contributed by atoms with van der Waals surface area (Å²) in [5.41, 5.74) is 2.38. The van der Waals surface area contributed by atoms with Crippen molar-refractivity contribution in [2.45, 2.75) is 25.9 Å². The third-order valence-electron chi connectivity index (χ3n) is 5.44. The first-order valence-corrected chi connectivity index (χ1v) is 11.6. The summed E-state index contributed by atoms with van der Waals surface area (Å²) in [5.74, 6) is -0.906. The molecule has 4 aromatic rings. The molecule has 0 bridgehead atoms. The predicted molar refractivity (Wildman–Crippen MR) is 138 cm³/mol. The van der Waals surface area contributed by atoms with E-state index in [9.17, 15) is 14.4 Å². The van der Waals surface area contributed by atoms with E-state index in [1.807, 2.05) is 36.4 Å². The van der Waals surface area contributed by atoms with E-state index in [0.717, 1.165) is 5.56 Å². The number of amides is 2. The Labute approximate surface area is 211 Å². The second kappa shape index (κ2) is 10.7. The van der Waals surface area contributed by atoms with E-state index >= 15 is 0 Å². The number of fused-ring (bicyclic) bond motifs is 1. The van der Waals surface area contributed by atoms with Crippen LogP contribution in [-0.2, 0) is 22.6 Å². The van der Waals surface area contributed by atoms with Crippen LogP contribution in [0.3, 0.4) is 0 Å². The lowest BCUT2D eigenvalue weighted by molar-refractivity contribution is -0.126. The molecule has 0 spiro atoms. The summed E-state index contributed by atoms with van der Waals surface area (Å²) in [5, 5.41) is 6.22. The number of aryl methyl sites for hydroxylation is 1. The molecule has 35 heavy (non-hydrogen) atoms. The summed E-state index contributed by atoms with van der Waals surface area (Å²) >= 11 is 12.0. The number of rotatable bonds is 7. The van der Waals surface area contributed by atoms with Crippen molar-refractivity contribution in [2.24, 2.45) is 0 Å². The average molecular weight is 509 g/mol. The van der Waals surface area contributed by atoms with Crippen molar-refractivity contribution in [1.29, 1.82) is 0 Å². The second-order valence-corrected chi connectivity index (χ2v) is 8.82. The zero-order valence-electron chi connectivity index (χ0n) is 18.8. The number of nitrogens with one attached hydrogen (secondary N) is 2. The summed E-state index contributed by atoms with van der Waals surface area (Å²) in [6.45, 7) is 1.35. The number of benzene rings is 3. The van der Waals surface area contributed by atoms with Gasteiger partial charge in [0.15, 0.2) is 0 Å². The molecular weight excluding hydrogens is 487 g/mol. The lowest BCUT2D eigenvalue weighted by Crippen LogP contribution is -2.47. The van der Waals surface area contributed by atoms with Gasteiger partial charge in [-0.05, 0) is 42.8 Å². The Morgan fingerprint density at radius 1 is 0.971 bits per heavy atom. The van der Waals surface area contributed by atoms with Crippen molar-refractivity contribution in [3.63, 3.8) is 0 Å². The minimum absolute atomic E-state index is 0.255. The standard InChI is InChI=1S/C26H22Cl2N4O3/c1-16-26(35)32(23-10-6-5-9-21(23)29-16)15-24(33)31-22(13-17-7-3-2-4-8-17)25(34)30-18-11-12-19(27)20(28)14-18/h2-12,14,22H,13,15H2,1H3,(H,30,34)(H,31,33)/t22-/m0/s1. The van der Waals surface area contributed by atoms with E-state index in [4.69, 9.17) is 23.2 Å². The van der Waals surface area contributed by atoms with E-state index in [2.05, 4.69) is 15.6 Å². The molecule has 2 N–H and O–H groups in total. The first-order valence-electron chi connectivity index (χ1n) is 10.9. The van der Waals surface area contributed by atoms with Gasteiger partial charge in [0.05, 0.1) is 21.1 Å². The molecule has 1 aromatic heterocycles. The maximum atomic E-state index is 13.2. The molecule has 0 fully saturated rings. The molecule has 0 radical (unpaired) electrons. The first kappa shape index (κ1) is 24.4.